The molecule has 0 aliphatic carbocycles. The summed E-state index contributed by atoms with van der Waals surface area (Å²) in [7, 11) is -3.93. The Morgan fingerprint density at radius 2 is 1.96 bits per heavy atom. The predicted octanol–water partition coefficient (Wildman–Crippen LogP) is 0.823. The van der Waals surface area contributed by atoms with Crippen molar-refractivity contribution in [2.45, 2.75) is 31.3 Å². The van der Waals surface area contributed by atoms with E-state index < -0.39 is 32.9 Å². The lowest BCUT2D eigenvalue weighted by Crippen LogP contribution is -2.40. The minimum absolute atomic E-state index is 0.147. The topological polar surface area (TPSA) is 136 Å². The van der Waals surface area contributed by atoms with Crippen molar-refractivity contribution >= 4 is 21.7 Å². The Bertz CT molecular complexity index is 669. The molecule has 1 aromatic rings. The molecule has 0 radical (unpaired) electrons. The molecule has 2 N–H and O–H groups in total. The molecule has 0 saturated carbocycles. The Morgan fingerprint density at radius 1 is 1.38 bits per heavy atom. The van der Waals surface area contributed by atoms with Gasteiger partial charge in [-0.3, -0.25) is 14.9 Å². The smallest absolute Gasteiger partial charge is 0.302 e. The summed E-state index contributed by atoms with van der Waals surface area (Å²) in [6, 6.07) is 4.40. The monoisotopic (exact) mass is 360 g/mol. The van der Waals surface area contributed by atoms with E-state index in [1.165, 1.54) is 6.92 Å². The second kappa shape index (κ2) is 8.71. The highest BCUT2D eigenvalue weighted by molar-refractivity contribution is 7.89. The number of non-ortho nitro benzene ring substituents is 1. The molecule has 0 aliphatic heterocycles. The number of nitrogens with zero attached hydrogens (tertiary/aromatic N) is 1. The van der Waals surface area contributed by atoms with Crippen molar-refractivity contribution in [3.05, 3.63) is 34.4 Å². The number of sulfonamides is 1. The van der Waals surface area contributed by atoms with E-state index in [9.17, 15) is 28.4 Å². The van der Waals surface area contributed by atoms with Crippen LogP contribution in [0.5, 0.6) is 0 Å². The molecule has 0 aromatic heterocycles. The summed E-state index contributed by atoms with van der Waals surface area (Å²) >= 11 is 0. The first-order valence-corrected chi connectivity index (χ1v) is 8.71. The number of hydrogen-bond donors (Lipinski definition) is 2. The molecule has 24 heavy (non-hydrogen) atoms. The molecule has 0 saturated heterocycles. The molecule has 0 unspecified atom stereocenters. The van der Waals surface area contributed by atoms with E-state index in [2.05, 4.69) is 4.72 Å². The van der Waals surface area contributed by atoms with Crippen molar-refractivity contribution in [3.63, 3.8) is 0 Å². The fourth-order valence-electron chi connectivity index (χ4n) is 2.05. The van der Waals surface area contributed by atoms with Gasteiger partial charge in [0.1, 0.15) is 6.10 Å². The first-order chi connectivity index (χ1) is 11.2. The lowest BCUT2D eigenvalue weighted by Gasteiger charge is -2.24. The van der Waals surface area contributed by atoms with E-state index in [0.29, 0.717) is 6.42 Å². The molecule has 1 rings (SSSR count). The van der Waals surface area contributed by atoms with E-state index in [0.717, 1.165) is 24.3 Å². The largest absolute Gasteiger partial charge is 0.461 e. The van der Waals surface area contributed by atoms with E-state index in [4.69, 9.17) is 4.74 Å². The molecule has 134 valence electrons. The van der Waals surface area contributed by atoms with Gasteiger partial charge in [0.05, 0.1) is 9.82 Å². The Hall–Kier alpha value is -2.04. The summed E-state index contributed by atoms with van der Waals surface area (Å²) in [5.41, 5.74) is -0.224. The number of rotatable bonds is 9. The normalized spacial score (nSPS) is 14.0. The predicted molar refractivity (Wildman–Crippen MR) is 84.7 cm³/mol. The molecule has 0 spiro atoms. The average molecular weight is 360 g/mol. The zero-order valence-electron chi connectivity index (χ0n) is 13.3. The third kappa shape index (κ3) is 5.55. The van der Waals surface area contributed by atoms with Crippen LogP contribution in [0.4, 0.5) is 5.69 Å². The number of esters is 1. The lowest BCUT2D eigenvalue weighted by molar-refractivity contribution is -0.384. The zero-order valence-corrected chi connectivity index (χ0v) is 14.2. The highest BCUT2D eigenvalue weighted by atomic mass is 32.2. The molecule has 0 amide bonds. The van der Waals surface area contributed by atoms with Crippen molar-refractivity contribution in [3.8, 4) is 0 Å². The van der Waals surface area contributed by atoms with Crippen molar-refractivity contribution in [2.24, 2.45) is 5.92 Å². The minimum atomic E-state index is -3.93. The number of carbonyl (C=O) groups excluding carboxylic acids is 1. The fourth-order valence-corrected chi connectivity index (χ4v) is 3.09. The molecule has 0 aliphatic rings. The number of nitro benzene ring substituents is 1. The van der Waals surface area contributed by atoms with E-state index >= 15 is 0 Å². The van der Waals surface area contributed by atoms with Crippen molar-refractivity contribution in [1.29, 1.82) is 0 Å². The summed E-state index contributed by atoms with van der Waals surface area (Å²) in [6.07, 6.45) is -0.321. The minimum Gasteiger partial charge on any atom is -0.461 e. The maximum Gasteiger partial charge on any atom is 0.302 e. The van der Waals surface area contributed by atoms with Crippen molar-refractivity contribution in [2.75, 3.05) is 13.2 Å². The van der Waals surface area contributed by atoms with Gasteiger partial charge in [0.15, 0.2) is 0 Å². The molecular formula is C14H20N2O7S. The zero-order chi connectivity index (χ0) is 18.3. The van der Waals surface area contributed by atoms with Gasteiger partial charge in [-0.1, -0.05) is 6.92 Å². The molecule has 2 atom stereocenters. The quantitative estimate of drug-likeness (QED) is 0.378. The van der Waals surface area contributed by atoms with Gasteiger partial charge in [0, 0.05) is 38.1 Å². The third-order valence-electron chi connectivity index (χ3n) is 3.43. The molecule has 0 heterocycles. The Balaban J connectivity index is 2.87. The second-order valence-electron chi connectivity index (χ2n) is 5.10. The number of carbonyl (C=O) groups is 1. The molecule has 0 fully saturated rings. The van der Waals surface area contributed by atoms with Crippen LogP contribution in [-0.4, -0.2) is 43.7 Å². The van der Waals surface area contributed by atoms with Crippen LogP contribution in [0.15, 0.2) is 29.2 Å². The molecule has 10 heteroatoms. The summed E-state index contributed by atoms with van der Waals surface area (Å²) in [4.78, 5) is 21.0. The first kappa shape index (κ1) is 20.0. The van der Waals surface area contributed by atoms with Crippen molar-refractivity contribution in [1.82, 2.24) is 4.72 Å². The van der Waals surface area contributed by atoms with Crippen LogP contribution in [0, 0.1) is 16.0 Å². The first-order valence-electron chi connectivity index (χ1n) is 7.23. The molecule has 9 nitrogen and oxygen atoms in total. The van der Waals surface area contributed by atoms with Gasteiger partial charge in [-0.25, -0.2) is 13.1 Å². The summed E-state index contributed by atoms with van der Waals surface area (Å²) in [5.74, 6) is -0.991. The van der Waals surface area contributed by atoms with Crippen LogP contribution in [0.3, 0.4) is 0 Å². The van der Waals surface area contributed by atoms with Crippen LogP contribution in [0.1, 0.15) is 20.3 Å². The Morgan fingerprint density at radius 3 is 2.38 bits per heavy atom. The SMILES string of the molecule is CC[C@H](CO)[C@H](CNS(=O)(=O)c1ccc([N+](=O)[O-])cc1)OC(C)=O. The Kier molecular flexibility index (Phi) is 7.26. The number of hydrogen-bond acceptors (Lipinski definition) is 7. The van der Waals surface area contributed by atoms with Crippen LogP contribution < -0.4 is 4.72 Å². The summed E-state index contributed by atoms with van der Waals surface area (Å²) in [6.45, 7) is 2.51. The number of nitro groups is 1. The Labute approximate surface area is 139 Å². The van der Waals surface area contributed by atoms with Gasteiger partial charge in [-0.15, -0.1) is 0 Å². The van der Waals surface area contributed by atoms with Gasteiger partial charge < -0.3 is 9.84 Å². The second-order valence-corrected chi connectivity index (χ2v) is 6.87. The maximum absolute atomic E-state index is 12.2. The number of ether oxygens (including phenoxy) is 1. The van der Waals surface area contributed by atoms with Gasteiger partial charge in [0.25, 0.3) is 5.69 Å². The van der Waals surface area contributed by atoms with Crippen LogP contribution in [0.2, 0.25) is 0 Å². The van der Waals surface area contributed by atoms with Gasteiger partial charge >= 0.3 is 5.97 Å². The standard InChI is InChI=1S/C14H20N2O7S/c1-3-11(9-17)14(23-10(2)18)8-15-24(21,22)13-6-4-12(5-7-13)16(19)20/h4-7,11,14-15,17H,3,8-9H2,1-2H3/t11-,14+/m1/s1. The lowest BCUT2D eigenvalue weighted by atomic mass is 10.0. The highest BCUT2D eigenvalue weighted by Gasteiger charge is 2.25. The maximum atomic E-state index is 12.2. The van der Waals surface area contributed by atoms with E-state index in [1.54, 1.807) is 6.92 Å². The number of nitrogens with one attached hydrogen (secondary N) is 1. The van der Waals surface area contributed by atoms with E-state index in [-0.39, 0.29) is 23.7 Å². The molecule has 0 bridgehead atoms. The number of aliphatic hydroxyl groups excluding tert-OH is 1. The van der Waals surface area contributed by atoms with Crippen LogP contribution in [-0.2, 0) is 19.6 Å². The molecule has 1 aromatic carbocycles. The van der Waals surface area contributed by atoms with Gasteiger partial charge in [-0.05, 0) is 18.6 Å². The summed E-state index contributed by atoms with van der Waals surface area (Å²) in [5, 5.41) is 19.9. The van der Waals surface area contributed by atoms with Gasteiger partial charge in [0.2, 0.25) is 10.0 Å². The van der Waals surface area contributed by atoms with Gasteiger partial charge in [-0.2, -0.15) is 0 Å². The average Bonchev–Trinajstić information content (AvgIpc) is 2.53. The third-order valence-corrected chi connectivity index (χ3v) is 4.87. The molecular weight excluding hydrogens is 340 g/mol. The highest BCUT2D eigenvalue weighted by Crippen LogP contribution is 2.17. The summed E-state index contributed by atoms with van der Waals surface area (Å²) < 4.78 is 31.8. The van der Waals surface area contributed by atoms with Crippen LogP contribution >= 0.6 is 0 Å². The number of benzene rings is 1. The fraction of sp³-hybridized carbons (Fsp3) is 0.500. The van der Waals surface area contributed by atoms with E-state index in [1.807, 2.05) is 0 Å². The van der Waals surface area contributed by atoms with Crippen molar-refractivity contribution < 1.29 is 28.0 Å². The van der Waals surface area contributed by atoms with Crippen LogP contribution in [0.25, 0.3) is 0 Å². The number of aliphatic hydroxyl groups is 1.